The lowest BCUT2D eigenvalue weighted by Gasteiger charge is -2.44. The quantitative estimate of drug-likeness (QED) is 0.906. The second-order valence-electron chi connectivity index (χ2n) is 7.28. The number of fused-ring (bicyclic) bond motifs is 1. The van der Waals surface area contributed by atoms with E-state index in [0.717, 1.165) is 43.9 Å². The van der Waals surface area contributed by atoms with Gasteiger partial charge in [0.15, 0.2) is 0 Å². The van der Waals surface area contributed by atoms with Crippen molar-refractivity contribution >= 4 is 0 Å². The topological polar surface area (TPSA) is 24.5 Å². The standard InChI is InChI=1S/C17H25FN2O/c1-17(2,3)16-10-19-6-7-20(16)11-14-9-12-8-13(18)4-5-15(12)21-14/h4-5,8,14,16,19H,6-7,9-11H2,1-3H3. The molecule has 2 heterocycles. The number of nitrogens with zero attached hydrogens (tertiary/aromatic N) is 1. The summed E-state index contributed by atoms with van der Waals surface area (Å²) in [4.78, 5) is 2.53. The van der Waals surface area contributed by atoms with Gasteiger partial charge in [0, 0.05) is 44.2 Å². The van der Waals surface area contributed by atoms with Gasteiger partial charge in [0.25, 0.3) is 0 Å². The third kappa shape index (κ3) is 3.22. The maximum atomic E-state index is 13.3. The van der Waals surface area contributed by atoms with Gasteiger partial charge in [-0.2, -0.15) is 0 Å². The van der Waals surface area contributed by atoms with Gasteiger partial charge in [-0.05, 0) is 23.6 Å². The van der Waals surface area contributed by atoms with Gasteiger partial charge in [0.2, 0.25) is 0 Å². The van der Waals surface area contributed by atoms with E-state index in [9.17, 15) is 4.39 Å². The number of ether oxygens (including phenoxy) is 1. The minimum atomic E-state index is -0.173. The molecular formula is C17H25FN2O. The minimum absolute atomic E-state index is 0.143. The average molecular weight is 292 g/mol. The van der Waals surface area contributed by atoms with Gasteiger partial charge in [0.05, 0.1) is 0 Å². The first kappa shape index (κ1) is 14.8. The van der Waals surface area contributed by atoms with Crippen molar-refractivity contribution in [1.82, 2.24) is 10.2 Å². The molecule has 2 unspecified atom stereocenters. The van der Waals surface area contributed by atoms with Gasteiger partial charge in [-0.25, -0.2) is 4.39 Å². The Labute approximate surface area is 126 Å². The largest absolute Gasteiger partial charge is 0.488 e. The van der Waals surface area contributed by atoms with Crippen LogP contribution >= 0.6 is 0 Å². The molecule has 1 aromatic rings. The number of nitrogens with one attached hydrogen (secondary N) is 1. The Kier molecular flexibility index (Phi) is 3.93. The number of piperazine rings is 1. The van der Waals surface area contributed by atoms with Crippen LogP contribution in [0, 0.1) is 11.2 Å². The summed E-state index contributed by atoms with van der Waals surface area (Å²) in [6, 6.07) is 5.34. The van der Waals surface area contributed by atoms with Crippen LogP contribution in [0.25, 0.3) is 0 Å². The van der Waals surface area contributed by atoms with Crippen molar-refractivity contribution in [3.05, 3.63) is 29.6 Å². The highest BCUT2D eigenvalue weighted by Gasteiger charge is 2.35. The van der Waals surface area contributed by atoms with Crippen LogP contribution in [-0.4, -0.2) is 43.2 Å². The van der Waals surface area contributed by atoms with E-state index in [1.54, 1.807) is 12.1 Å². The van der Waals surface area contributed by atoms with Crippen molar-refractivity contribution in [2.24, 2.45) is 5.41 Å². The van der Waals surface area contributed by atoms with E-state index in [1.807, 2.05) is 0 Å². The third-order valence-electron chi connectivity index (χ3n) is 4.56. The Morgan fingerprint density at radius 1 is 1.38 bits per heavy atom. The SMILES string of the molecule is CC(C)(C)C1CNCCN1CC1Cc2cc(F)ccc2O1. The first-order chi connectivity index (χ1) is 9.93. The Hall–Kier alpha value is -1.13. The van der Waals surface area contributed by atoms with Gasteiger partial charge in [0.1, 0.15) is 17.7 Å². The van der Waals surface area contributed by atoms with Crippen LogP contribution in [0.2, 0.25) is 0 Å². The van der Waals surface area contributed by atoms with Crippen molar-refractivity contribution in [3.63, 3.8) is 0 Å². The van der Waals surface area contributed by atoms with Crippen LogP contribution in [0.5, 0.6) is 5.75 Å². The van der Waals surface area contributed by atoms with E-state index in [2.05, 4.69) is 31.0 Å². The molecule has 1 N–H and O–H groups in total. The molecule has 0 aromatic heterocycles. The number of hydrogen-bond acceptors (Lipinski definition) is 3. The molecule has 0 amide bonds. The molecule has 2 aliphatic heterocycles. The summed E-state index contributed by atoms with van der Waals surface area (Å²) in [7, 11) is 0. The molecule has 3 rings (SSSR count). The molecule has 2 atom stereocenters. The summed E-state index contributed by atoms with van der Waals surface area (Å²) in [5, 5.41) is 3.49. The molecule has 2 aliphatic rings. The molecule has 4 heteroatoms. The molecule has 21 heavy (non-hydrogen) atoms. The Balaban J connectivity index is 1.67. The van der Waals surface area contributed by atoms with Crippen molar-refractivity contribution in [2.45, 2.75) is 39.3 Å². The van der Waals surface area contributed by atoms with Gasteiger partial charge in [-0.15, -0.1) is 0 Å². The second kappa shape index (κ2) is 5.58. The molecule has 0 radical (unpaired) electrons. The van der Waals surface area contributed by atoms with Crippen molar-refractivity contribution in [2.75, 3.05) is 26.2 Å². The lowest BCUT2D eigenvalue weighted by molar-refractivity contribution is 0.0439. The molecule has 1 fully saturated rings. The number of hydrogen-bond donors (Lipinski definition) is 1. The molecule has 0 saturated carbocycles. The maximum absolute atomic E-state index is 13.3. The van der Waals surface area contributed by atoms with Gasteiger partial charge in [-0.3, -0.25) is 4.90 Å². The third-order valence-corrected chi connectivity index (χ3v) is 4.56. The number of rotatable bonds is 2. The first-order valence-corrected chi connectivity index (χ1v) is 7.83. The fourth-order valence-electron chi connectivity index (χ4n) is 3.47. The predicted molar refractivity (Wildman–Crippen MR) is 82.2 cm³/mol. The summed E-state index contributed by atoms with van der Waals surface area (Å²) < 4.78 is 19.3. The lowest BCUT2D eigenvalue weighted by Crippen LogP contribution is -2.58. The summed E-state index contributed by atoms with van der Waals surface area (Å²) in [6.45, 7) is 10.9. The highest BCUT2D eigenvalue weighted by molar-refractivity contribution is 5.38. The Bertz CT molecular complexity index is 512. The predicted octanol–water partition coefficient (Wildman–Crippen LogP) is 2.45. The monoisotopic (exact) mass is 292 g/mol. The molecule has 0 spiro atoms. The first-order valence-electron chi connectivity index (χ1n) is 7.83. The van der Waals surface area contributed by atoms with Crippen LogP contribution in [0.1, 0.15) is 26.3 Å². The van der Waals surface area contributed by atoms with E-state index in [1.165, 1.54) is 6.07 Å². The van der Waals surface area contributed by atoms with E-state index < -0.39 is 0 Å². The zero-order valence-corrected chi connectivity index (χ0v) is 13.2. The fourth-order valence-corrected chi connectivity index (χ4v) is 3.47. The van der Waals surface area contributed by atoms with Crippen LogP contribution in [-0.2, 0) is 6.42 Å². The van der Waals surface area contributed by atoms with Crippen molar-refractivity contribution < 1.29 is 9.13 Å². The van der Waals surface area contributed by atoms with Crippen molar-refractivity contribution in [3.8, 4) is 5.75 Å². The highest BCUT2D eigenvalue weighted by atomic mass is 19.1. The highest BCUT2D eigenvalue weighted by Crippen LogP contribution is 2.31. The van der Waals surface area contributed by atoms with E-state index in [-0.39, 0.29) is 17.3 Å². The molecule has 0 bridgehead atoms. The maximum Gasteiger partial charge on any atom is 0.123 e. The van der Waals surface area contributed by atoms with Gasteiger partial charge >= 0.3 is 0 Å². The molecule has 116 valence electrons. The van der Waals surface area contributed by atoms with Crippen LogP contribution in [0.15, 0.2) is 18.2 Å². The minimum Gasteiger partial charge on any atom is -0.488 e. The fraction of sp³-hybridized carbons (Fsp3) is 0.647. The Morgan fingerprint density at radius 3 is 2.95 bits per heavy atom. The summed E-state index contributed by atoms with van der Waals surface area (Å²) in [5.41, 5.74) is 1.24. The number of halogens is 1. The Morgan fingerprint density at radius 2 is 2.19 bits per heavy atom. The number of benzene rings is 1. The van der Waals surface area contributed by atoms with Crippen LogP contribution in [0.4, 0.5) is 4.39 Å². The molecule has 0 aliphatic carbocycles. The van der Waals surface area contributed by atoms with Crippen LogP contribution < -0.4 is 10.1 Å². The van der Waals surface area contributed by atoms with Gasteiger partial charge in [-0.1, -0.05) is 20.8 Å². The summed E-state index contributed by atoms with van der Waals surface area (Å²) in [6.07, 6.45) is 0.957. The molecule has 1 aromatic carbocycles. The smallest absolute Gasteiger partial charge is 0.123 e. The van der Waals surface area contributed by atoms with Crippen LogP contribution in [0.3, 0.4) is 0 Å². The molecular weight excluding hydrogens is 267 g/mol. The normalized spacial score (nSPS) is 26.5. The van der Waals surface area contributed by atoms with Crippen molar-refractivity contribution in [1.29, 1.82) is 0 Å². The van der Waals surface area contributed by atoms with E-state index in [4.69, 9.17) is 4.74 Å². The molecule has 1 saturated heterocycles. The molecule has 3 nitrogen and oxygen atoms in total. The zero-order valence-electron chi connectivity index (χ0n) is 13.2. The summed E-state index contributed by atoms with van der Waals surface area (Å²) in [5.74, 6) is 0.677. The van der Waals surface area contributed by atoms with Gasteiger partial charge < -0.3 is 10.1 Å². The lowest BCUT2D eigenvalue weighted by atomic mass is 9.84. The second-order valence-corrected chi connectivity index (χ2v) is 7.28. The average Bonchev–Trinajstić information content (AvgIpc) is 2.79. The van der Waals surface area contributed by atoms with E-state index >= 15 is 0 Å². The summed E-state index contributed by atoms with van der Waals surface area (Å²) >= 11 is 0. The van der Waals surface area contributed by atoms with E-state index in [0.29, 0.717) is 6.04 Å². The zero-order chi connectivity index (χ0) is 15.0.